The van der Waals surface area contributed by atoms with Gasteiger partial charge in [-0.2, -0.15) is 0 Å². The summed E-state index contributed by atoms with van der Waals surface area (Å²) in [5, 5.41) is 3.31. The molecule has 1 aliphatic rings. The summed E-state index contributed by atoms with van der Waals surface area (Å²) in [6.07, 6.45) is 1.19. The molecule has 0 aromatic carbocycles. The highest BCUT2D eigenvalue weighted by Gasteiger charge is 2.26. The van der Waals surface area contributed by atoms with Gasteiger partial charge in [-0.15, -0.1) is 0 Å². The van der Waals surface area contributed by atoms with Crippen LogP contribution in [0.15, 0.2) is 0 Å². The van der Waals surface area contributed by atoms with Crippen LogP contribution in [0.1, 0.15) is 27.2 Å². The smallest absolute Gasteiger partial charge is 0.136 e. The van der Waals surface area contributed by atoms with Crippen molar-refractivity contribution >= 4 is 5.78 Å². The van der Waals surface area contributed by atoms with Crippen molar-refractivity contribution in [3.8, 4) is 0 Å². The average Bonchev–Trinajstić information content (AvgIpc) is 2.05. The van der Waals surface area contributed by atoms with Crippen LogP contribution in [0.3, 0.4) is 0 Å². The number of ketones is 1. The van der Waals surface area contributed by atoms with E-state index < -0.39 is 0 Å². The number of nitrogens with zero attached hydrogens (tertiary/aromatic N) is 1. The van der Waals surface area contributed by atoms with E-state index in [1.807, 2.05) is 13.8 Å². The van der Waals surface area contributed by atoms with Gasteiger partial charge in [0.2, 0.25) is 0 Å². The van der Waals surface area contributed by atoms with Gasteiger partial charge in [0.25, 0.3) is 0 Å². The molecule has 0 atom stereocenters. The first-order valence-electron chi connectivity index (χ1n) is 4.96. The first kappa shape index (κ1) is 10.7. The Hall–Kier alpha value is -0.410. The van der Waals surface area contributed by atoms with Crippen molar-refractivity contribution in [2.75, 3.05) is 26.3 Å². The lowest BCUT2D eigenvalue weighted by Crippen LogP contribution is -2.47. The second-order valence-electron chi connectivity index (χ2n) is 4.50. The van der Waals surface area contributed by atoms with E-state index in [2.05, 4.69) is 10.2 Å². The molecular formula is C10H20N2O. The molecule has 0 aromatic heterocycles. The molecular weight excluding hydrogens is 164 g/mol. The van der Waals surface area contributed by atoms with E-state index in [4.69, 9.17) is 0 Å². The zero-order valence-electron chi connectivity index (χ0n) is 8.89. The summed E-state index contributed by atoms with van der Waals surface area (Å²) in [5.74, 6) is 0.276. The lowest BCUT2D eigenvalue weighted by atomic mass is 9.88. The average molecular weight is 184 g/mol. The number of carbonyl (C=O) groups excluding carboxylic acids is 1. The first-order valence-corrected chi connectivity index (χ1v) is 4.96. The van der Waals surface area contributed by atoms with Crippen LogP contribution in [0.4, 0.5) is 0 Å². The Morgan fingerprint density at radius 1 is 1.54 bits per heavy atom. The summed E-state index contributed by atoms with van der Waals surface area (Å²) in [4.78, 5) is 13.6. The molecule has 3 nitrogen and oxygen atoms in total. The Labute approximate surface area is 80.5 Å². The molecule has 0 spiro atoms. The molecule has 76 valence electrons. The fourth-order valence-corrected chi connectivity index (χ4v) is 1.55. The van der Waals surface area contributed by atoms with Gasteiger partial charge in [-0.05, 0) is 19.9 Å². The summed E-state index contributed by atoms with van der Waals surface area (Å²) in [7, 11) is 0. The van der Waals surface area contributed by atoms with E-state index in [9.17, 15) is 4.79 Å². The van der Waals surface area contributed by atoms with Crippen molar-refractivity contribution in [3.05, 3.63) is 0 Å². The SMILES string of the molecule is CC(=O)C(C)(C)CN1CCCNC1. The van der Waals surface area contributed by atoms with Crippen LogP contribution in [0.5, 0.6) is 0 Å². The molecule has 0 unspecified atom stereocenters. The largest absolute Gasteiger partial charge is 0.304 e. The maximum absolute atomic E-state index is 11.3. The summed E-state index contributed by atoms with van der Waals surface area (Å²) >= 11 is 0. The van der Waals surface area contributed by atoms with Gasteiger partial charge in [0.05, 0.1) is 0 Å². The minimum absolute atomic E-state index is 0.195. The number of hydrogen-bond donors (Lipinski definition) is 1. The molecule has 0 saturated carbocycles. The topological polar surface area (TPSA) is 32.3 Å². The summed E-state index contributed by atoms with van der Waals surface area (Å²) in [5.41, 5.74) is -0.195. The Balaban J connectivity index is 2.41. The minimum atomic E-state index is -0.195. The van der Waals surface area contributed by atoms with Crippen LogP contribution in [-0.2, 0) is 4.79 Å². The molecule has 1 fully saturated rings. The zero-order chi connectivity index (χ0) is 9.90. The molecule has 1 heterocycles. The maximum Gasteiger partial charge on any atom is 0.136 e. The third-order valence-corrected chi connectivity index (χ3v) is 2.74. The highest BCUT2D eigenvalue weighted by molar-refractivity contribution is 5.81. The van der Waals surface area contributed by atoms with Gasteiger partial charge >= 0.3 is 0 Å². The van der Waals surface area contributed by atoms with Crippen LogP contribution in [0, 0.1) is 5.41 Å². The van der Waals surface area contributed by atoms with Gasteiger partial charge in [-0.1, -0.05) is 13.8 Å². The zero-order valence-corrected chi connectivity index (χ0v) is 8.89. The quantitative estimate of drug-likeness (QED) is 0.706. The summed E-state index contributed by atoms with van der Waals surface area (Å²) < 4.78 is 0. The summed E-state index contributed by atoms with van der Waals surface area (Å²) in [6, 6.07) is 0. The number of rotatable bonds is 3. The van der Waals surface area contributed by atoms with E-state index in [0.717, 1.165) is 26.3 Å². The van der Waals surface area contributed by atoms with E-state index in [-0.39, 0.29) is 11.2 Å². The minimum Gasteiger partial charge on any atom is -0.304 e. The first-order chi connectivity index (χ1) is 6.02. The second kappa shape index (κ2) is 4.20. The Morgan fingerprint density at radius 3 is 2.69 bits per heavy atom. The molecule has 0 aliphatic carbocycles. The molecule has 0 aromatic rings. The van der Waals surface area contributed by atoms with E-state index in [0.29, 0.717) is 0 Å². The van der Waals surface area contributed by atoms with Crippen molar-refractivity contribution in [1.29, 1.82) is 0 Å². The Morgan fingerprint density at radius 2 is 2.23 bits per heavy atom. The van der Waals surface area contributed by atoms with E-state index in [1.54, 1.807) is 6.92 Å². The van der Waals surface area contributed by atoms with Crippen LogP contribution < -0.4 is 5.32 Å². The molecule has 0 radical (unpaired) electrons. The molecule has 0 amide bonds. The molecule has 1 aliphatic heterocycles. The van der Waals surface area contributed by atoms with Crippen molar-refractivity contribution in [2.24, 2.45) is 5.41 Å². The van der Waals surface area contributed by atoms with Gasteiger partial charge in [-0.25, -0.2) is 0 Å². The third kappa shape index (κ3) is 3.08. The molecule has 1 saturated heterocycles. The Kier molecular flexibility index (Phi) is 3.45. The Bertz CT molecular complexity index is 183. The molecule has 3 heteroatoms. The number of carbonyl (C=O) groups is 1. The number of hydrogen-bond acceptors (Lipinski definition) is 3. The lowest BCUT2D eigenvalue weighted by Gasteiger charge is -2.33. The van der Waals surface area contributed by atoms with E-state index >= 15 is 0 Å². The normalized spacial score (nSPS) is 20.2. The molecule has 13 heavy (non-hydrogen) atoms. The summed E-state index contributed by atoms with van der Waals surface area (Å²) in [6.45, 7) is 9.73. The van der Waals surface area contributed by atoms with Crippen molar-refractivity contribution in [1.82, 2.24) is 10.2 Å². The number of nitrogens with one attached hydrogen (secondary N) is 1. The lowest BCUT2D eigenvalue weighted by molar-refractivity contribution is -0.126. The monoisotopic (exact) mass is 184 g/mol. The van der Waals surface area contributed by atoms with Crippen molar-refractivity contribution in [3.63, 3.8) is 0 Å². The van der Waals surface area contributed by atoms with E-state index in [1.165, 1.54) is 6.42 Å². The van der Waals surface area contributed by atoms with Crippen molar-refractivity contribution < 1.29 is 4.79 Å². The standard InChI is InChI=1S/C10H20N2O/c1-9(13)10(2,3)7-12-6-4-5-11-8-12/h11H,4-8H2,1-3H3. The molecule has 1 N–H and O–H groups in total. The second-order valence-corrected chi connectivity index (χ2v) is 4.50. The highest BCUT2D eigenvalue weighted by atomic mass is 16.1. The fourth-order valence-electron chi connectivity index (χ4n) is 1.55. The molecule has 0 bridgehead atoms. The van der Waals surface area contributed by atoms with Gasteiger partial charge in [0.1, 0.15) is 5.78 Å². The van der Waals surface area contributed by atoms with Crippen molar-refractivity contribution in [2.45, 2.75) is 27.2 Å². The van der Waals surface area contributed by atoms with Gasteiger partial charge in [0, 0.05) is 25.2 Å². The van der Waals surface area contributed by atoms with Crippen LogP contribution in [-0.4, -0.2) is 37.0 Å². The van der Waals surface area contributed by atoms with Crippen LogP contribution in [0.25, 0.3) is 0 Å². The fraction of sp³-hybridized carbons (Fsp3) is 0.900. The highest BCUT2D eigenvalue weighted by Crippen LogP contribution is 2.18. The van der Waals surface area contributed by atoms with Gasteiger partial charge in [-0.3, -0.25) is 9.69 Å². The van der Waals surface area contributed by atoms with Crippen LogP contribution >= 0.6 is 0 Å². The van der Waals surface area contributed by atoms with Crippen LogP contribution in [0.2, 0.25) is 0 Å². The molecule has 1 rings (SSSR count). The predicted molar refractivity (Wildman–Crippen MR) is 53.5 cm³/mol. The van der Waals surface area contributed by atoms with Gasteiger partial charge < -0.3 is 5.32 Å². The maximum atomic E-state index is 11.3. The predicted octanol–water partition coefficient (Wildman–Crippen LogP) is 0.854. The number of Topliss-reactive ketones (excluding diaryl/α,β-unsaturated/α-hetero) is 1. The van der Waals surface area contributed by atoms with Gasteiger partial charge in [0.15, 0.2) is 0 Å². The third-order valence-electron chi connectivity index (χ3n) is 2.74.